The van der Waals surface area contributed by atoms with Crippen molar-refractivity contribution in [1.82, 2.24) is 0 Å². The van der Waals surface area contributed by atoms with E-state index in [0.717, 1.165) is 18.4 Å². The van der Waals surface area contributed by atoms with Gasteiger partial charge >= 0.3 is 0 Å². The Morgan fingerprint density at radius 2 is 1.76 bits per heavy atom. The van der Waals surface area contributed by atoms with Crippen molar-refractivity contribution in [2.75, 3.05) is 16.4 Å². The lowest BCUT2D eigenvalue weighted by atomic mass is 10.1. The maximum absolute atomic E-state index is 14.5. The van der Waals surface area contributed by atoms with Gasteiger partial charge in [0.05, 0.1) is 17.1 Å². The van der Waals surface area contributed by atoms with E-state index in [0.29, 0.717) is 6.42 Å². The maximum Gasteiger partial charge on any atom is 0.262 e. The Bertz CT molecular complexity index is 816. The molecule has 0 aliphatic heterocycles. The summed E-state index contributed by atoms with van der Waals surface area (Å²) in [7, 11) is 0. The molecule has 1 amide bonds. The number of amides is 1. The average molecular weight is 409 g/mol. The second-order valence-electron chi connectivity index (χ2n) is 6.81. The zero-order valence-corrected chi connectivity index (χ0v) is 16.2. The molecular formula is C21H26F3N3O2. The van der Waals surface area contributed by atoms with Crippen LogP contribution in [0.3, 0.4) is 0 Å². The van der Waals surface area contributed by atoms with Gasteiger partial charge in [-0.05, 0) is 36.2 Å². The van der Waals surface area contributed by atoms with Gasteiger partial charge in [0.25, 0.3) is 5.91 Å². The van der Waals surface area contributed by atoms with Crippen LogP contribution in [0.1, 0.15) is 38.2 Å². The van der Waals surface area contributed by atoms with E-state index in [1.165, 1.54) is 24.3 Å². The summed E-state index contributed by atoms with van der Waals surface area (Å²) in [5.74, 6) is -1.88. The van der Waals surface area contributed by atoms with E-state index in [-0.39, 0.29) is 35.8 Å². The number of nitrogens with two attached hydrogens (primary N) is 1. The number of halogens is 3. The molecule has 8 heteroatoms. The molecule has 0 saturated heterocycles. The largest absolute Gasteiger partial charge is 0.508 e. The van der Waals surface area contributed by atoms with Crippen molar-refractivity contribution in [2.45, 2.75) is 51.5 Å². The SMILES string of the molecule is CCCCC[C@@H](F)[C@@H](F)C(=O)Nc1ccc(NCc2ccc(O)cc2)c(F)c1N. The Balaban J connectivity index is 1.99. The fourth-order valence-corrected chi connectivity index (χ4v) is 2.75. The molecule has 2 aromatic rings. The van der Waals surface area contributed by atoms with Crippen molar-refractivity contribution in [3.8, 4) is 5.75 Å². The zero-order valence-electron chi connectivity index (χ0n) is 16.2. The van der Waals surface area contributed by atoms with Gasteiger partial charge in [0.15, 0.2) is 5.82 Å². The number of phenolic OH excluding ortho intramolecular Hbond substituents is 1. The number of hydrogen-bond donors (Lipinski definition) is 4. The van der Waals surface area contributed by atoms with E-state index < -0.39 is 24.1 Å². The minimum Gasteiger partial charge on any atom is -0.508 e. The van der Waals surface area contributed by atoms with E-state index in [1.54, 1.807) is 12.1 Å². The molecule has 0 spiro atoms. The van der Waals surface area contributed by atoms with Crippen LogP contribution in [-0.4, -0.2) is 23.4 Å². The first kappa shape index (κ1) is 22.4. The van der Waals surface area contributed by atoms with Crippen molar-refractivity contribution in [2.24, 2.45) is 0 Å². The van der Waals surface area contributed by atoms with Gasteiger partial charge in [-0.1, -0.05) is 38.3 Å². The number of aromatic hydroxyl groups is 1. The van der Waals surface area contributed by atoms with Crippen molar-refractivity contribution in [1.29, 1.82) is 0 Å². The number of carbonyl (C=O) groups is 1. The number of benzene rings is 2. The van der Waals surface area contributed by atoms with Crippen molar-refractivity contribution >= 4 is 23.0 Å². The minimum absolute atomic E-state index is 0.0492. The molecule has 0 saturated carbocycles. The lowest BCUT2D eigenvalue weighted by Crippen LogP contribution is -2.32. The lowest BCUT2D eigenvalue weighted by molar-refractivity contribution is -0.123. The number of nitrogen functional groups attached to an aromatic ring is 1. The molecule has 0 aliphatic rings. The van der Waals surface area contributed by atoms with Gasteiger partial charge in [0.2, 0.25) is 6.17 Å². The number of rotatable bonds is 10. The Morgan fingerprint density at radius 1 is 1.10 bits per heavy atom. The van der Waals surface area contributed by atoms with Crippen LogP contribution in [0.4, 0.5) is 30.2 Å². The number of alkyl halides is 2. The molecule has 5 nitrogen and oxygen atoms in total. The van der Waals surface area contributed by atoms with Gasteiger partial charge < -0.3 is 21.5 Å². The minimum atomic E-state index is -2.35. The first-order valence-corrected chi connectivity index (χ1v) is 9.52. The van der Waals surface area contributed by atoms with Crippen LogP contribution >= 0.6 is 0 Å². The topological polar surface area (TPSA) is 87.4 Å². The standard InChI is InChI=1S/C21H26F3N3O2/c1-2-3-4-5-15(22)18(23)21(29)27-17-11-10-16(19(24)20(17)25)26-12-13-6-8-14(28)9-7-13/h6-11,15,18,26,28H,2-5,12,25H2,1H3,(H,27,29)/t15-,18-/m1/s1. The maximum atomic E-state index is 14.5. The number of unbranched alkanes of at least 4 members (excludes halogenated alkanes) is 2. The highest BCUT2D eigenvalue weighted by molar-refractivity contribution is 5.97. The summed E-state index contributed by atoms with van der Waals surface area (Å²) in [6.45, 7) is 2.21. The van der Waals surface area contributed by atoms with E-state index in [1.807, 2.05) is 6.92 Å². The van der Waals surface area contributed by atoms with Gasteiger partial charge in [-0.2, -0.15) is 0 Å². The monoisotopic (exact) mass is 409 g/mol. The Kier molecular flexibility index (Phi) is 8.18. The van der Waals surface area contributed by atoms with Crippen LogP contribution in [0.5, 0.6) is 5.75 Å². The second-order valence-corrected chi connectivity index (χ2v) is 6.81. The summed E-state index contributed by atoms with van der Waals surface area (Å²) in [6.07, 6.45) is -2.21. The Morgan fingerprint density at radius 3 is 2.41 bits per heavy atom. The quantitative estimate of drug-likeness (QED) is 0.331. The molecule has 0 aliphatic carbocycles. The van der Waals surface area contributed by atoms with E-state index in [4.69, 9.17) is 5.73 Å². The summed E-state index contributed by atoms with van der Waals surface area (Å²) in [5, 5.41) is 14.3. The molecule has 158 valence electrons. The predicted molar refractivity (Wildman–Crippen MR) is 109 cm³/mol. The molecule has 0 radical (unpaired) electrons. The average Bonchev–Trinajstić information content (AvgIpc) is 2.71. The van der Waals surface area contributed by atoms with Gasteiger partial charge in [-0.25, -0.2) is 13.2 Å². The van der Waals surface area contributed by atoms with Crippen molar-refractivity contribution in [3.63, 3.8) is 0 Å². The molecule has 29 heavy (non-hydrogen) atoms. The number of phenols is 1. The Labute approximate surface area is 168 Å². The molecule has 0 bridgehead atoms. The molecule has 0 aromatic heterocycles. The van der Waals surface area contributed by atoms with Crippen molar-refractivity contribution < 1.29 is 23.1 Å². The summed E-state index contributed by atoms with van der Waals surface area (Å²) >= 11 is 0. The lowest BCUT2D eigenvalue weighted by Gasteiger charge is -2.16. The van der Waals surface area contributed by atoms with Crippen LogP contribution in [0.25, 0.3) is 0 Å². The fourth-order valence-electron chi connectivity index (χ4n) is 2.75. The van der Waals surface area contributed by atoms with E-state index in [2.05, 4.69) is 10.6 Å². The molecule has 2 aromatic carbocycles. The summed E-state index contributed by atoms with van der Waals surface area (Å²) in [4.78, 5) is 11.9. The third-order valence-electron chi connectivity index (χ3n) is 4.51. The van der Waals surface area contributed by atoms with Crippen LogP contribution in [0, 0.1) is 5.82 Å². The zero-order chi connectivity index (χ0) is 21.4. The third kappa shape index (κ3) is 6.30. The summed E-state index contributed by atoms with van der Waals surface area (Å²) in [6, 6.07) is 9.04. The summed E-state index contributed by atoms with van der Waals surface area (Å²) in [5.41, 5.74) is 6.12. The number of hydrogen-bond acceptors (Lipinski definition) is 4. The Hall–Kier alpha value is -2.90. The number of anilines is 3. The number of carbonyl (C=O) groups excluding carboxylic acids is 1. The molecular weight excluding hydrogens is 383 g/mol. The molecule has 0 fully saturated rings. The van der Waals surface area contributed by atoms with Crippen LogP contribution in [0.2, 0.25) is 0 Å². The molecule has 0 unspecified atom stereocenters. The molecule has 2 atom stereocenters. The number of nitrogens with one attached hydrogen (secondary N) is 2. The normalized spacial score (nSPS) is 13.0. The fraction of sp³-hybridized carbons (Fsp3) is 0.381. The van der Waals surface area contributed by atoms with Crippen molar-refractivity contribution in [3.05, 3.63) is 47.8 Å². The van der Waals surface area contributed by atoms with Gasteiger partial charge in [0, 0.05) is 6.54 Å². The molecule has 0 heterocycles. The third-order valence-corrected chi connectivity index (χ3v) is 4.51. The van der Waals surface area contributed by atoms with Gasteiger partial charge in [-0.3, -0.25) is 4.79 Å². The first-order chi connectivity index (χ1) is 13.8. The predicted octanol–water partition coefficient (Wildman–Crippen LogP) is 4.92. The molecule has 5 N–H and O–H groups in total. The smallest absolute Gasteiger partial charge is 0.262 e. The summed E-state index contributed by atoms with van der Waals surface area (Å²) < 4.78 is 42.3. The van der Waals surface area contributed by atoms with Crippen LogP contribution in [-0.2, 0) is 11.3 Å². The van der Waals surface area contributed by atoms with E-state index in [9.17, 15) is 23.1 Å². The highest BCUT2D eigenvalue weighted by Crippen LogP contribution is 2.29. The highest BCUT2D eigenvalue weighted by atomic mass is 19.2. The van der Waals surface area contributed by atoms with E-state index >= 15 is 0 Å². The van der Waals surface area contributed by atoms with Gasteiger partial charge in [0.1, 0.15) is 11.9 Å². The second kappa shape index (κ2) is 10.6. The van der Waals surface area contributed by atoms with Gasteiger partial charge in [-0.15, -0.1) is 0 Å². The van der Waals surface area contributed by atoms with Crippen LogP contribution in [0.15, 0.2) is 36.4 Å². The molecule has 2 rings (SSSR count). The first-order valence-electron chi connectivity index (χ1n) is 9.52. The highest BCUT2D eigenvalue weighted by Gasteiger charge is 2.28. The van der Waals surface area contributed by atoms with Crippen LogP contribution < -0.4 is 16.4 Å².